The third-order valence-electron chi connectivity index (χ3n) is 5.43. The van der Waals surface area contributed by atoms with Gasteiger partial charge in [0, 0.05) is 12.0 Å². The summed E-state index contributed by atoms with van der Waals surface area (Å²) in [6.45, 7) is 5.13. The van der Waals surface area contributed by atoms with Gasteiger partial charge in [0.2, 0.25) is 0 Å². The largest absolute Gasteiger partial charge is 0.480 e. The van der Waals surface area contributed by atoms with Gasteiger partial charge in [-0.25, -0.2) is 0 Å². The summed E-state index contributed by atoms with van der Waals surface area (Å²) in [6, 6.07) is 0.196. The van der Waals surface area contributed by atoms with Crippen LogP contribution in [-0.2, 0) is 4.79 Å². The number of nitrogens with one attached hydrogen (secondary N) is 1. The van der Waals surface area contributed by atoms with Gasteiger partial charge in [0.05, 0.1) is 0 Å². The summed E-state index contributed by atoms with van der Waals surface area (Å²) in [7, 11) is 0. The maximum atomic E-state index is 11.5. The zero-order valence-electron chi connectivity index (χ0n) is 11.1. The van der Waals surface area contributed by atoms with Crippen LogP contribution in [-0.4, -0.2) is 47.7 Å². The molecule has 4 rings (SSSR count). The fraction of sp³-hybridized carbons (Fsp3) is 0.929. The zero-order valence-corrected chi connectivity index (χ0v) is 11.1. The van der Waals surface area contributed by atoms with Crippen molar-refractivity contribution in [1.82, 2.24) is 10.2 Å². The Balaban J connectivity index is 1.79. The second-order valence-electron chi connectivity index (χ2n) is 6.14. The van der Waals surface area contributed by atoms with Crippen LogP contribution in [0.4, 0.5) is 0 Å². The van der Waals surface area contributed by atoms with E-state index in [1.807, 2.05) is 6.92 Å². The number of carboxylic acids is 1. The molecule has 4 nitrogen and oxygen atoms in total. The summed E-state index contributed by atoms with van der Waals surface area (Å²) in [6.07, 6.45) is 5.01. The van der Waals surface area contributed by atoms with Gasteiger partial charge in [-0.15, -0.1) is 0 Å². The van der Waals surface area contributed by atoms with Crippen molar-refractivity contribution in [3.63, 3.8) is 0 Å². The molecule has 0 radical (unpaired) electrons. The predicted molar refractivity (Wildman–Crippen MR) is 69.4 cm³/mol. The molecule has 1 saturated carbocycles. The minimum Gasteiger partial charge on any atom is -0.480 e. The molecule has 4 aliphatic rings. The number of nitrogens with zero attached hydrogens (tertiary/aromatic N) is 1. The highest BCUT2D eigenvalue weighted by atomic mass is 16.4. The van der Waals surface area contributed by atoms with Gasteiger partial charge >= 0.3 is 5.97 Å². The van der Waals surface area contributed by atoms with Gasteiger partial charge in [-0.05, 0) is 57.2 Å². The van der Waals surface area contributed by atoms with Gasteiger partial charge in [-0.2, -0.15) is 0 Å². The fourth-order valence-corrected chi connectivity index (χ4v) is 4.75. The molecular weight excluding hydrogens is 228 g/mol. The second-order valence-corrected chi connectivity index (χ2v) is 6.14. The SMILES string of the molecule is CCNC(C(=O)O)C1CCC2C3CCN(CC3)C21. The van der Waals surface area contributed by atoms with E-state index in [1.165, 1.54) is 32.4 Å². The summed E-state index contributed by atoms with van der Waals surface area (Å²) >= 11 is 0. The lowest BCUT2D eigenvalue weighted by Gasteiger charge is -2.50. The van der Waals surface area contributed by atoms with Crippen molar-refractivity contribution in [2.24, 2.45) is 17.8 Å². The van der Waals surface area contributed by atoms with Crippen molar-refractivity contribution in [3.05, 3.63) is 0 Å². The average Bonchev–Trinajstić information content (AvgIpc) is 2.83. The molecule has 4 unspecified atom stereocenters. The third-order valence-corrected chi connectivity index (χ3v) is 5.43. The summed E-state index contributed by atoms with van der Waals surface area (Å²) in [5, 5.41) is 12.6. The van der Waals surface area contributed by atoms with Crippen molar-refractivity contribution < 1.29 is 9.90 Å². The second kappa shape index (κ2) is 4.82. The van der Waals surface area contributed by atoms with E-state index in [-0.39, 0.29) is 6.04 Å². The molecule has 0 spiro atoms. The van der Waals surface area contributed by atoms with Gasteiger partial charge in [0.1, 0.15) is 6.04 Å². The van der Waals surface area contributed by atoms with Crippen LogP contribution >= 0.6 is 0 Å². The van der Waals surface area contributed by atoms with Crippen LogP contribution in [0.1, 0.15) is 32.6 Å². The van der Waals surface area contributed by atoms with Gasteiger partial charge in [-0.1, -0.05) is 6.92 Å². The van der Waals surface area contributed by atoms with Crippen molar-refractivity contribution in [2.45, 2.75) is 44.7 Å². The summed E-state index contributed by atoms with van der Waals surface area (Å²) in [5.41, 5.74) is 0. The minimum absolute atomic E-state index is 0.315. The Morgan fingerprint density at radius 3 is 2.67 bits per heavy atom. The number of carboxylic acid groups (broad SMARTS) is 1. The predicted octanol–water partition coefficient (Wildman–Crippen LogP) is 1.17. The first-order valence-corrected chi connectivity index (χ1v) is 7.42. The summed E-state index contributed by atoms with van der Waals surface area (Å²) in [5.74, 6) is 1.31. The van der Waals surface area contributed by atoms with E-state index in [2.05, 4.69) is 10.2 Å². The lowest BCUT2D eigenvalue weighted by atomic mass is 9.73. The van der Waals surface area contributed by atoms with Crippen LogP contribution in [0.2, 0.25) is 0 Å². The molecule has 4 fully saturated rings. The van der Waals surface area contributed by atoms with Gasteiger partial charge in [0.25, 0.3) is 0 Å². The zero-order chi connectivity index (χ0) is 12.7. The van der Waals surface area contributed by atoms with E-state index >= 15 is 0 Å². The van der Waals surface area contributed by atoms with E-state index in [0.717, 1.165) is 24.8 Å². The maximum absolute atomic E-state index is 11.5. The van der Waals surface area contributed by atoms with Crippen LogP contribution in [0.5, 0.6) is 0 Å². The monoisotopic (exact) mass is 252 g/mol. The summed E-state index contributed by atoms with van der Waals surface area (Å²) in [4.78, 5) is 14.1. The van der Waals surface area contributed by atoms with Crippen LogP contribution < -0.4 is 5.32 Å². The van der Waals surface area contributed by atoms with Gasteiger partial charge in [0.15, 0.2) is 0 Å². The van der Waals surface area contributed by atoms with Crippen molar-refractivity contribution >= 4 is 5.97 Å². The van der Waals surface area contributed by atoms with Crippen molar-refractivity contribution in [3.8, 4) is 0 Å². The topological polar surface area (TPSA) is 52.6 Å². The number of likely N-dealkylation sites (N-methyl/N-ethyl adjacent to an activating group) is 1. The standard InChI is InChI=1S/C14H24N2O2/c1-2-15-12(14(17)18)11-4-3-10-9-5-7-16(8-6-9)13(10)11/h9-13,15H,2-8H2,1H3,(H,17,18). The van der Waals surface area contributed by atoms with Gasteiger partial charge in [-0.3, -0.25) is 9.69 Å². The highest BCUT2D eigenvalue weighted by Gasteiger charge is 2.52. The number of carbonyl (C=O) groups is 1. The quantitative estimate of drug-likeness (QED) is 0.788. The van der Waals surface area contributed by atoms with Crippen molar-refractivity contribution in [2.75, 3.05) is 19.6 Å². The lowest BCUT2D eigenvalue weighted by Crippen LogP contribution is -2.58. The highest BCUT2D eigenvalue weighted by Crippen LogP contribution is 2.49. The van der Waals surface area contributed by atoms with Crippen molar-refractivity contribution in [1.29, 1.82) is 0 Å². The molecular formula is C14H24N2O2. The first-order valence-electron chi connectivity index (χ1n) is 7.42. The molecule has 0 aromatic rings. The molecule has 4 heteroatoms. The van der Waals surface area contributed by atoms with E-state index in [1.54, 1.807) is 0 Å². The Morgan fingerprint density at radius 2 is 2.06 bits per heavy atom. The number of rotatable bonds is 4. The number of hydrogen-bond acceptors (Lipinski definition) is 3. The summed E-state index contributed by atoms with van der Waals surface area (Å²) < 4.78 is 0. The molecule has 102 valence electrons. The van der Waals surface area contributed by atoms with Crippen LogP contribution in [0.3, 0.4) is 0 Å². The molecule has 1 aliphatic carbocycles. The van der Waals surface area contributed by atoms with E-state index in [4.69, 9.17) is 0 Å². The molecule has 3 heterocycles. The van der Waals surface area contributed by atoms with Crippen LogP contribution in [0, 0.1) is 17.8 Å². The van der Waals surface area contributed by atoms with Crippen LogP contribution in [0.25, 0.3) is 0 Å². The van der Waals surface area contributed by atoms with E-state index in [0.29, 0.717) is 12.0 Å². The number of hydrogen-bond donors (Lipinski definition) is 2. The van der Waals surface area contributed by atoms with E-state index < -0.39 is 5.97 Å². The molecule has 0 aromatic carbocycles. The third kappa shape index (κ3) is 1.86. The number of aliphatic carboxylic acids is 1. The molecule has 2 bridgehead atoms. The Bertz CT molecular complexity index is 326. The number of fused-ring (bicyclic) bond motifs is 2. The van der Waals surface area contributed by atoms with E-state index in [9.17, 15) is 9.90 Å². The van der Waals surface area contributed by atoms with Gasteiger partial charge < -0.3 is 10.4 Å². The number of piperidine rings is 3. The Hall–Kier alpha value is -0.610. The molecule has 3 aliphatic heterocycles. The first kappa shape index (κ1) is 12.4. The highest BCUT2D eigenvalue weighted by molar-refractivity contribution is 5.74. The molecule has 3 saturated heterocycles. The molecule has 4 atom stereocenters. The Labute approximate surface area is 109 Å². The Kier molecular flexibility index (Phi) is 3.32. The first-order chi connectivity index (χ1) is 8.72. The normalized spacial score (nSPS) is 43.7. The lowest BCUT2D eigenvalue weighted by molar-refractivity contribution is -0.142. The fourth-order valence-electron chi connectivity index (χ4n) is 4.75. The molecule has 0 aromatic heterocycles. The minimum atomic E-state index is -0.662. The maximum Gasteiger partial charge on any atom is 0.321 e. The Morgan fingerprint density at radius 1 is 1.33 bits per heavy atom. The van der Waals surface area contributed by atoms with Crippen LogP contribution in [0.15, 0.2) is 0 Å². The molecule has 0 amide bonds. The average molecular weight is 252 g/mol. The molecule has 18 heavy (non-hydrogen) atoms. The molecule has 2 N–H and O–H groups in total. The smallest absolute Gasteiger partial charge is 0.321 e.